The maximum absolute atomic E-state index is 13.0. The van der Waals surface area contributed by atoms with Gasteiger partial charge in [-0.15, -0.1) is 23.1 Å². The summed E-state index contributed by atoms with van der Waals surface area (Å²) in [6.45, 7) is 3.44. The molecular formula is C22H27N8O5S3+. The summed E-state index contributed by atoms with van der Waals surface area (Å²) in [5.41, 5.74) is 8.66. The van der Waals surface area contributed by atoms with E-state index in [-0.39, 0.29) is 22.4 Å². The summed E-state index contributed by atoms with van der Waals surface area (Å²) in [4.78, 5) is 53.4. The first-order chi connectivity index (χ1) is 18.0. The van der Waals surface area contributed by atoms with E-state index in [4.69, 9.17) is 10.6 Å². The number of carboxylic acid groups (broad SMARTS) is 1. The van der Waals surface area contributed by atoms with E-state index < -0.39 is 29.2 Å². The van der Waals surface area contributed by atoms with E-state index in [1.54, 1.807) is 17.4 Å². The molecule has 1 fully saturated rings. The average molecular weight is 580 g/mol. The van der Waals surface area contributed by atoms with Gasteiger partial charge < -0.3 is 25.5 Å². The number of carbonyl (C=O) groups is 3. The fraction of sp³-hybridized carbons (Fsp3) is 0.409. The summed E-state index contributed by atoms with van der Waals surface area (Å²) in [5, 5.41) is 15.8. The number of nitrogens with zero attached hydrogens (tertiary/aromatic N) is 6. The number of hydrogen-bond donors (Lipinski definition) is 3. The molecule has 0 spiro atoms. The highest BCUT2D eigenvalue weighted by molar-refractivity contribution is 8.00. The second-order valence-electron chi connectivity index (χ2n) is 9.16. The summed E-state index contributed by atoms with van der Waals surface area (Å²) in [6.07, 6.45) is 3.70. The van der Waals surface area contributed by atoms with Crippen molar-refractivity contribution in [2.24, 2.45) is 5.16 Å². The molecule has 2 aliphatic rings. The van der Waals surface area contributed by atoms with Crippen molar-refractivity contribution in [3.8, 4) is 0 Å². The van der Waals surface area contributed by atoms with Crippen LogP contribution in [0.1, 0.15) is 16.4 Å². The number of nitrogens with two attached hydrogens (primary N) is 1. The van der Waals surface area contributed by atoms with Gasteiger partial charge >= 0.3 is 5.97 Å². The Morgan fingerprint density at radius 2 is 2.18 bits per heavy atom. The third kappa shape index (κ3) is 5.72. The molecule has 4 N–H and O–H groups in total. The number of carboxylic acids is 1. The summed E-state index contributed by atoms with van der Waals surface area (Å²) < 4.78 is 4.62. The van der Waals surface area contributed by atoms with Gasteiger partial charge in [0.15, 0.2) is 5.13 Å². The number of fused-ring (bicyclic) bond motifs is 1. The van der Waals surface area contributed by atoms with E-state index >= 15 is 0 Å². The summed E-state index contributed by atoms with van der Waals surface area (Å²) >= 11 is 3.87. The van der Waals surface area contributed by atoms with Crippen LogP contribution in [-0.2, 0) is 25.8 Å². The molecule has 0 aromatic carbocycles. The lowest BCUT2D eigenvalue weighted by Gasteiger charge is -2.49. The van der Waals surface area contributed by atoms with Crippen LogP contribution in [0.15, 0.2) is 34.1 Å². The monoisotopic (exact) mass is 579 g/mol. The molecule has 0 aliphatic carbocycles. The lowest BCUT2D eigenvalue weighted by atomic mass is 10.0. The number of amides is 2. The van der Waals surface area contributed by atoms with Crippen LogP contribution in [0.5, 0.6) is 0 Å². The number of anilines is 1. The molecule has 202 valence electrons. The number of oxime groups is 1. The van der Waals surface area contributed by atoms with Crippen molar-refractivity contribution in [2.75, 3.05) is 39.2 Å². The molecular weight excluding hydrogens is 552 g/mol. The van der Waals surface area contributed by atoms with Crippen LogP contribution in [0.2, 0.25) is 0 Å². The Hall–Kier alpha value is -3.34. The van der Waals surface area contributed by atoms with Gasteiger partial charge in [0, 0.05) is 17.3 Å². The maximum atomic E-state index is 13.0. The minimum atomic E-state index is -1.20. The second-order valence-corrected chi connectivity index (χ2v) is 12.0. The SMILES string of the molecule is CO/N=C(\C(=O)N[C@@H]1C(=O)N2C(C(=O)O)=C(/C=C/C[N+](C)(C)Cc3scnc3C)CS[C@@H]12)c1nsc(N)n1. The molecule has 2 aromatic heterocycles. The molecule has 4 heterocycles. The lowest BCUT2D eigenvalue weighted by molar-refractivity contribution is -0.897. The number of rotatable bonds is 10. The quantitative estimate of drug-likeness (QED) is 0.158. The number of thioether (sulfide) groups is 1. The summed E-state index contributed by atoms with van der Waals surface area (Å²) in [7, 11) is 5.44. The number of likely N-dealkylation sites (N-methyl/N-ethyl adjacent to an activating group) is 1. The van der Waals surface area contributed by atoms with Crippen molar-refractivity contribution in [1.82, 2.24) is 24.6 Å². The predicted octanol–water partition coefficient (Wildman–Crippen LogP) is 0.807. The van der Waals surface area contributed by atoms with Crippen LogP contribution < -0.4 is 11.1 Å². The van der Waals surface area contributed by atoms with Crippen molar-refractivity contribution < 1.29 is 28.8 Å². The number of quaternary nitrogens is 1. The fourth-order valence-corrected chi connectivity index (χ4v) is 6.74. The number of aliphatic carboxylic acids is 1. The molecule has 1 saturated heterocycles. The van der Waals surface area contributed by atoms with Crippen LogP contribution in [0.4, 0.5) is 5.13 Å². The molecule has 2 atom stereocenters. The summed E-state index contributed by atoms with van der Waals surface area (Å²) in [5.74, 6) is -2.13. The molecule has 2 aliphatic heterocycles. The molecule has 38 heavy (non-hydrogen) atoms. The number of β-lactam (4-membered cyclic amide) rings is 1. The van der Waals surface area contributed by atoms with Crippen molar-refractivity contribution in [3.05, 3.63) is 45.3 Å². The molecule has 0 unspecified atom stereocenters. The number of carbonyl (C=O) groups excluding carboxylic acids is 2. The van der Waals surface area contributed by atoms with Gasteiger partial charge in [-0.1, -0.05) is 11.2 Å². The number of aromatic nitrogens is 3. The number of allylic oxidation sites excluding steroid dienone is 1. The predicted molar refractivity (Wildman–Crippen MR) is 144 cm³/mol. The largest absolute Gasteiger partial charge is 0.477 e. The van der Waals surface area contributed by atoms with Crippen LogP contribution in [0.3, 0.4) is 0 Å². The first-order valence-corrected chi connectivity index (χ1v) is 14.0. The van der Waals surface area contributed by atoms with Crippen molar-refractivity contribution >= 4 is 63.3 Å². The Bertz CT molecular complexity index is 1350. The zero-order valence-corrected chi connectivity index (χ0v) is 23.5. The fourth-order valence-electron chi connectivity index (χ4n) is 4.00. The first kappa shape index (κ1) is 27.7. The Balaban J connectivity index is 1.46. The minimum absolute atomic E-state index is 0.0304. The standard InChI is InChI=1S/C22H26N8O5S3/c1-11-13(37-10-24-11)8-30(2,3)7-5-6-12-9-36-20-15(19(32)29(20)16(12)21(33)34)25-18(31)14(27-35-4)17-26-22(23)38-28-17/h5-6,10,15,20H,7-9H2,1-4H3,(H3-,23,25,26,28,31,33,34)/p+1/b6-5+,27-14-/t15-,20+/m1/s1. The van der Waals surface area contributed by atoms with Crippen molar-refractivity contribution in [2.45, 2.75) is 24.9 Å². The van der Waals surface area contributed by atoms with E-state index in [9.17, 15) is 19.5 Å². The van der Waals surface area contributed by atoms with Crippen molar-refractivity contribution in [3.63, 3.8) is 0 Å². The summed E-state index contributed by atoms with van der Waals surface area (Å²) in [6, 6.07) is -0.941. The van der Waals surface area contributed by atoms with Gasteiger partial charge in [0.2, 0.25) is 11.5 Å². The van der Waals surface area contributed by atoms with Gasteiger partial charge in [-0.3, -0.25) is 14.5 Å². The van der Waals surface area contributed by atoms with Gasteiger partial charge in [0.05, 0.1) is 36.7 Å². The zero-order chi connectivity index (χ0) is 27.6. The number of thiazole rings is 1. The highest BCUT2D eigenvalue weighted by Gasteiger charge is 2.54. The van der Waals surface area contributed by atoms with E-state index in [1.807, 2.05) is 18.5 Å². The van der Waals surface area contributed by atoms with E-state index in [2.05, 4.69) is 38.9 Å². The number of aryl methyl sites for hydroxylation is 1. The Labute approximate surface area is 230 Å². The molecule has 2 amide bonds. The minimum Gasteiger partial charge on any atom is -0.477 e. The normalized spacial score (nSPS) is 19.9. The Kier molecular flexibility index (Phi) is 8.15. The van der Waals surface area contributed by atoms with Crippen LogP contribution >= 0.6 is 34.6 Å². The van der Waals surface area contributed by atoms with E-state index in [0.29, 0.717) is 22.4 Å². The Morgan fingerprint density at radius 1 is 1.42 bits per heavy atom. The third-order valence-corrected chi connectivity index (χ3v) is 8.64. The van der Waals surface area contributed by atoms with Gasteiger partial charge in [0.1, 0.15) is 30.8 Å². The van der Waals surface area contributed by atoms with E-state index in [1.165, 1.54) is 28.6 Å². The zero-order valence-electron chi connectivity index (χ0n) is 21.1. The van der Waals surface area contributed by atoms with Crippen molar-refractivity contribution in [1.29, 1.82) is 0 Å². The molecule has 0 bridgehead atoms. The van der Waals surface area contributed by atoms with Gasteiger partial charge in [-0.2, -0.15) is 9.36 Å². The number of nitrogen functional groups attached to an aromatic ring is 1. The van der Waals surface area contributed by atoms with E-state index in [0.717, 1.165) is 23.8 Å². The van der Waals surface area contributed by atoms with Gasteiger partial charge in [-0.05, 0) is 18.6 Å². The maximum Gasteiger partial charge on any atom is 0.352 e. The molecule has 0 saturated carbocycles. The second kappa shape index (κ2) is 11.2. The highest BCUT2D eigenvalue weighted by atomic mass is 32.2. The topological polar surface area (TPSA) is 173 Å². The molecule has 0 radical (unpaired) electrons. The molecule has 4 rings (SSSR count). The highest BCUT2D eigenvalue weighted by Crippen LogP contribution is 2.40. The first-order valence-electron chi connectivity index (χ1n) is 11.3. The number of nitrogens with one attached hydrogen (secondary N) is 1. The lowest BCUT2D eigenvalue weighted by Crippen LogP contribution is -2.71. The van der Waals surface area contributed by atoms with Gasteiger partial charge in [-0.25, -0.2) is 9.78 Å². The van der Waals surface area contributed by atoms with Gasteiger partial charge in [0.25, 0.3) is 11.8 Å². The Morgan fingerprint density at radius 3 is 2.79 bits per heavy atom. The van der Waals surface area contributed by atoms with Crippen LogP contribution in [0.25, 0.3) is 0 Å². The molecule has 13 nitrogen and oxygen atoms in total. The third-order valence-electron chi connectivity index (χ3n) is 5.87. The number of hydrogen-bond acceptors (Lipinski definition) is 12. The average Bonchev–Trinajstić information content (AvgIpc) is 3.47. The molecule has 16 heteroatoms. The smallest absolute Gasteiger partial charge is 0.352 e. The molecule has 2 aromatic rings. The van der Waals surface area contributed by atoms with Crippen LogP contribution in [0, 0.1) is 6.92 Å². The van der Waals surface area contributed by atoms with Crippen LogP contribution in [-0.4, -0.2) is 97.2 Å².